The molecule has 0 saturated heterocycles. The lowest BCUT2D eigenvalue weighted by atomic mass is 10.1. The zero-order valence-electron chi connectivity index (χ0n) is 15.6. The van der Waals surface area contributed by atoms with Gasteiger partial charge in [-0.05, 0) is 36.8 Å². The molecule has 156 valence electrons. The maximum absolute atomic E-state index is 13.9. The van der Waals surface area contributed by atoms with Crippen molar-refractivity contribution in [3.05, 3.63) is 51.9 Å². The van der Waals surface area contributed by atoms with Crippen LogP contribution in [0.25, 0.3) is 0 Å². The number of aryl methyl sites for hydroxylation is 1. The second-order valence-electron chi connectivity index (χ2n) is 6.33. The van der Waals surface area contributed by atoms with E-state index in [1.54, 1.807) is 24.3 Å². The van der Waals surface area contributed by atoms with Crippen LogP contribution in [0.3, 0.4) is 0 Å². The van der Waals surface area contributed by atoms with Crippen molar-refractivity contribution in [3.63, 3.8) is 0 Å². The zero-order chi connectivity index (χ0) is 21.9. The molecule has 2 aromatic rings. The Morgan fingerprint density at radius 2 is 1.79 bits per heavy atom. The smallest absolute Gasteiger partial charge is 0.363 e. The Hall–Kier alpha value is -2.88. The number of hydrogen-bond donors (Lipinski definition) is 2. The molecule has 0 saturated carbocycles. The number of benzene rings is 1. The topological polar surface area (TPSA) is 74.3 Å². The van der Waals surface area contributed by atoms with Crippen molar-refractivity contribution < 1.29 is 27.2 Å². The highest BCUT2D eigenvalue weighted by atomic mass is 35.5. The predicted octanol–water partition coefficient (Wildman–Crippen LogP) is 3.79. The minimum Gasteiger partial charge on any atom is -0.363 e. The van der Waals surface area contributed by atoms with Crippen LogP contribution in [0, 0.1) is 12.7 Å². The number of pyridine rings is 1. The Morgan fingerprint density at radius 1 is 1.14 bits per heavy atom. The largest absolute Gasteiger partial charge is 0.405 e. The molecule has 0 aliphatic rings. The molecular weight excluding hydrogens is 416 g/mol. The average Bonchev–Trinajstić information content (AvgIpc) is 2.61. The summed E-state index contributed by atoms with van der Waals surface area (Å²) in [5.74, 6) is -2.30. The summed E-state index contributed by atoms with van der Waals surface area (Å²) >= 11 is 5.91. The SMILES string of the molecule is Cc1cc(NC(=O)c2cc(Cl)nc(N(C)C)c2)c(C(=O)NCC(F)(F)F)cc1F. The molecule has 2 rings (SSSR count). The Morgan fingerprint density at radius 3 is 2.38 bits per heavy atom. The van der Waals surface area contributed by atoms with Gasteiger partial charge in [0.05, 0.1) is 11.3 Å². The number of amides is 2. The molecule has 1 aromatic heterocycles. The van der Waals surface area contributed by atoms with Crippen LogP contribution < -0.4 is 15.5 Å². The number of nitrogens with zero attached hydrogens (tertiary/aromatic N) is 2. The van der Waals surface area contributed by atoms with Gasteiger partial charge in [-0.3, -0.25) is 9.59 Å². The van der Waals surface area contributed by atoms with Crippen LogP contribution in [0.5, 0.6) is 0 Å². The fourth-order valence-corrected chi connectivity index (χ4v) is 2.49. The summed E-state index contributed by atoms with van der Waals surface area (Å²) in [7, 11) is 3.37. The van der Waals surface area contributed by atoms with Crippen LogP contribution in [0.2, 0.25) is 5.15 Å². The van der Waals surface area contributed by atoms with Gasteiger partial charge in [0.15, 0.2) is 0 Å². The van der Waals surface area contributed by atoms with Crippen molar-refractivity contribution in [2.75, 3.05) is 30.9 Å². The fraction of sp³-hybridized carbons (Fsp3) is 0.278. The van der Waals surface area contributed by atoms with Gasteiger partial charge in [0.1, 0.15) is 23.3 Å². The summed E-state index contributed by atoms with van der Waals surface area (Å²) in [5.41, 5.74) is -0.404. The van der Waals surface area contributed by atoms with Crippen molar-refractivity contribution in [3.8, 4) is 0 Å². The molecule has 1 aromatic carbocycles. The van der Waals surface area contributed by atoms with E-state index >= 15 is 0 Å². The number of nitrogens with one attached hydrogen (secondary N) is 2. The highest BCUT2D eigenvalue weighted by Crippen LogP contribution is 2.23. The third-order valence-corrected chi connectivity index (χ3v) is 3.94. The fourth-order valence-electron chi connectivity index (χ4n) is 2.29. The Bertz CT molecular complexity index is 948. The van der Waals surface area contributed by atoms with Crippen LogP contribution in [-0.2, 0) is 0 Å². The standard InChI is InChI=1S/C18H17ClF4N4O2/c1-9-4-13(11(7-12(9)20)17(29)24-8-18(21,22)23)25-16(28)10-5-14(19)26-15(6-10)27(2)3/h4-7H,8H2,1-3H3,(H,24,29)(H,25,28). The van der Waals surface area contributed by atoms with E-state index in [2.05, 4.69) is 10.3 Å². The molecule has 6 nitrogen and oxygen atoms in total. The highest BCUT2D eigenvalue weighted by molar-refractivity contribution is 6.30. The first-order valence-corrected chi connectivity index (χ1v) is 8.56. The van der Waals surface area contributed by atoms with Gasteiger partial charge >= 0.3 is 6.18 Å². The first kappa shape index (κ1) is 22.4. The van der Waals surface area contributed by atoms with E-state index in [-0.39, 0.29) is 22.0 Å². The normalized spacial score (nSPS) is 11.2. The maximum Gasteiger partial charge on any atom is 0.405 e. The molecule has 11 heteroatoms. The third-order valence-electron chi connectivity index (χ3n) is 3.74. The van der Waals surface area contributed by atoms with E-state index < -0.39 is 35.9 Å². The minimum absolute atomic E-state index is 0.0415. The second kappa shape index (κ2) is 8.64. The van der Waals surface area contributed by atoms with Gasteiger partial charge in [0.2, 0.25) is 0 Å². The predicted molar refractivity (Wildman–Crippen MR) is 101 cm³/mol. The van der Waals surface area contributed by atoms with E-state index in [1.807, 2.05) is 0 Å². The van der Waals surface area contributed by atoms with Gasteiger partial charge in [0.25, 0.3) is 11.8 Å². The van der Waals surface area contributed by atoms with Gasteiger partial charge in [-0.15, -0.1) is 0 Å². The lowest BCUT2D eigenvalue weighted by Gasteiger charge is -2.15. The van der Waals surface area contributed by atoms with Crippen molar-refractivity contribution in [2.45, 2.75) is 13.1 Å². The first-order chi connectivity index (χ1) is 13.4. The van der Waals surface area contributed by atoms with Crippen molar-refractivity contribution in [1.82, 2.24) is 10.3 Å². The number of carbonyl (C=O) groups is 2. The van der Waals surface area contributed by atoms with Crippen molar-refractivity contribution in [2.24, 2.45) is 0 Å². The third kappa shape index (κ3) is 6.05. The molecule has 1 heterocycles. The molecule has 0 fully saturated rings. The van der Waals surface area contributed by atoms with Gasteiger partial charge in [-0.25, -0.2) is 9.37 Å². The molecule has 0 radical (unpaired) electrons. The van der Waals surface area contributed by atoms with Gasteiger partial charge < -0.3 is 15.5 Å². The van der Waals surface area contributed by atoms with E-state index in [0.717, 1.165) is 12.1 Å². The Kier molecular flexibility index (Phi) is 6.68. The quantitative estimate of drug-likeness (QED) is 0.557. The van der Waals surface area contributed by atoms with Crippen molar-refractivity contribution in [1.29, 1.82) is 0 Å². The maximum atomic E-state index is 13.9. The van der Waals surface area contributed by atoms with Gasteiger partial charge in [0, 0.05) is 19.7 Å². The number of anilines is 2. The van der Waals surface area contributed by atoms with E-state index in [1.165, 1.54) is 19.1 Å². The molecule has 2 N–H and O–H groups in total. The monoisotopic (exact) mass is 432 g/mol. The molecule has 0 unspecified atom stereocenters. The summed E-state index contributed by atoms with van der Waals surface area (Å²) in [6.07, 6.45) is -4.64. The summed E-state index contributed by atoms with van der Waals surface area (Å²) in [5, 5.41) is 4.11. The minimum atomic E-state index is -4.64. The molecular formula is C18H17ClF4N4O2. The van der Waals surface area contributed by atoms with Crippen LogP contribution >= 0.6 is 11.6 Å². The average molecular weight is 433 g/mol. The lowest BCUT2D eigenvalue weighted by molar-refractivity contribution is -0.123. The van der Waals surface area contributed by atoms with Crippen LogP contribution in [0.4, 0.5) is 29.1 Å². The van der Waals surface area contributed by atoms with E-state index in [9.17, 15) is 27.2 Å². The molecule has 29 heavy (non-hydrogen) atoms. The Labute approximate surface area is 168 Å². The summed E-state index contributed by atoms with van der Waals surface area (Å²) in [4.78, 5) is 30.4. The van der Waals surface area contributed by atoms with E-state index in [0.29, 0.717) is 5.82 Å². The van der Waals surface area contributed by atoms with Gasteiger partial charge in [-0.2, -0.15) is 13.2 Å². The number of carbonyl (C=O) groups excluding carboxylic acids is 2. The summed E-state index contributed by atoms with van der Waals surface area (Å²) in [6, 6.07) is 4.64. The molecule has 0 aliphatic heterocycles. The van der Waals surface area contributed by atoms with E-state index in [4.69, 9.17) is 11.6 Å². The number of hydrogen-bond acceptors (Lipinski definition) is 4. The molecule has 0 aliphatic carbocycles. The number of aromatic nitrogens is 1. The zero-order valence-corrected chi connectivity index (χ0v) is 16.4. The molecule has 2 amide bonds. The summed E-state index contributed by atoms with van der Waals surface area (Å²) < 4.78 is 51.0. The molecule has 0 bridgehead atoms. The van der Waals surface area contributed by atoms with Crippen molar-refractivity contribution >= 4 is 34.9 Å². The lowest BCUT2D eigenvalue weighted by Crippen LogP contribution is -2.34. The second-order valence-corrected chi connectivity index (χ2v) is 6.72. The highest BCUT2D eigenvalue weighted by Gasteiger charge is 2.28. The molecule has 0 atom stereocenters. The summed E-state index contributed by atoms with van der Waals surface area (Å²) in [6.45, 7) is -0.212. The number of alkyl halides is 3. The number of halogens is 5. The Balaban J connectivity index is 2.36. The first-order valence-electron chi connectivity index (χ1n) is 8.18. The van der Waals surface area contributed by atoms with Crippen LogP contribution in [-0.4, -0.2) is 43.6 Å². The number of rotatable bonds is 5. The van der Waals surface area contributed by atoms with Gasteiger partial charge in [-0.1, -0.05) is 11.6 Å². The molecule has 0 spiro atoms. The van der Waals surface area contributed by atoms with Crippen LogP contribution in [0.15, 0.2) is 24.3 Å². The van der Waals surface area contributed by atoms with Crippen LogP contribution in [0.1, 0.15) is 26.3 Å².